The molecule has 94 valence electrons. The third-order valence-electron chi connectivity index (χ3n) is 3.61. The summed E-state index contributed by atoms with van der Waals surface area (Å²) in [4.78, 5) is 4.17. The first-order valence-electron chi connectivity index (χ1n) is 6.18. The van der Waals surface area contributed by atoms with Crippen molar-refractivity contribution in [1.82, 2.24) is 15.2 Å². The average molecular weight is 261 g/mol. The van der Waals surface area contributed by atoms with Gasteiger partial charge in [-0.05, 0) is 6.07 Å². The minimum absolute atomic E-state index is 0.730. The van der Waals surface area contributed by atoms with E-state index in [-0.39, 0.29) is 0 Å². The summed E-state index contributed by atoms with van der Waals surface area (Å²) in [5, 5.41) is 10.0. The third kappa shape index (κ3) is 1.14. The SMILES string of the molecule is c1ncc2c3cc4c5nncc-5coc4cc3occ1-2. The Morgan fingerprint density at radius 1 is 0.800 bits per heavy atom. The number of hydrogen-bond donors (Lipinski definition) is 0. The molecule has 0 atom stereocenters. The zero-order valence-corrected chi connectivity index (χ0v) is 10.2. The van der Waals surface area contributed by atoms with Crippen LogP contribution in [-0.2, 0) is 0 Å². The van der Waals surface area contributed by atoms with Crippen LogP contribution in [-0.4, -0.2) is 15.2 Å². The van der Waals surface area contributed by atoms with Gasteiger partial charge in [-0.3, -0.25) is 4.98 Å². The minimum atomic E-state index is 0.730. The van der Waals surface area contributed by atoms with Crippen LogP contribution in [0.1, 0.15) is 0 Å². The molecule has 0 spiro atoms. The Hall–Kier alpha value is -2.95. The molecule has 5 nitrogen and oxygen atoms in total. The molecule has 0 aliphatic carbocycles. The highest BCUT2D eigenvalue weighted by Crippen LogP contribution is 2.36. The highest BCUT2D eigenvalue weighted by Gasteiger charge is 2.16. The lowest BCUT2D eigenvalue weighted by atomic mass is 10.0. The summed E-state index contributed by atoms with van der Waals surface area (Å²) < 4.78 is 11.3. The molecule has 0 saturated heterocycles. The Labute approximate surface area is 112 Å². The Morgan fingerprint density at radius 2 is 1.65 bits per heavy atom. The summed E-state index contributed by atoms with van der Waals surface area (Å²) in [6.45, 7) is 0. The van der Waals surface area contributed by atoms with Crippen molar-refractivity contribution in [2.45, 2.75) is 0 Å². The Balaban J connectivity index is 2.03. The molecule has 0 fully saturated rings. The molecule has 0 unspecified atom stereocenters. The summed E-state index contributed by atoms with van der Waals surface area (Å²) in [7, 11) is 0. The van der Waals surface area contributed by atoms with E-state index in [0.717, 1.165) is 44.3 Å². The molecule has 1 aromatic carbocycles. The Kier molecular flexibility index (Phi) is 1.65. The number of nitrogens with zero attached hydrogens (tertiary/aromatic N) is 3. The van der Waals surface area contributed by atoms with Gasteiger partial charge in [0.2, 0.25) is 0 Å². The second-order valence-electron chi connectivity index (χ2n) is 4.74. The summed E-state index contributed by atoms with van der Waals surface area (Å²) in [5.41, 5.74) is 5.26. The number of fused-ring (bicyclic) bond motifs is 6. The van der Waals surface area contributed by atoms with E-state index < -0.39 is 0 Å². The fourth-order valence-corrected chi connectivity index (χ4v) is 2.62. The fourth-order valence-electron chi connectivity index (χ4n) is 2.62. The van der Waals surface area contributed by atoms with Gasteiger partial charge in [0.1, 0.15) is 29.4 Å². The molecule has 0 amide bonds. The zero-order valence-electron chi connectivity index (χ0n) is 10.2. The standard InChI is InChI=1S/C15H7N3O2/c1-10-12-5-16-3-8(12)6-19-13(10)2-14-11(1)15-9(7-20-14)4-17-18-15/h1-7H. The predicted octanol–water partition coefficient (Wildman–Crippen LogP) is 3.57. The zero-order chi connectivity index (χ0) is 13.1. The summed E-state index contributed by atoms with van der Waals surface area (Å²) >= 11 is 0. The van der Waals surface area contributed by atoms with Gasteiger partial charge < -0.3 is 8.83 Å². The van der Waals surface area contributed by atoms with Crippen molar-refractivity contribution in [1.29, 1.82) is 0 Å². The molecule has 1 aromatic rings. The monoisotopic (exact) mass is 261 g/mol. The maximum absolute atomic E-state index is 5.65. The van der Waals surface area contributed by atoms with Crippen molar-refractivity contribution < 1.29 is 8.83 Å². The van der Waals surface area contributed by atoms with Gasteiger partial charge in [-0.25, -0.2) is 0 Å². The van der Waals surface area contributed by atoms with Crippen LogP contribution in [0, 0.1) is 0 Å². The molecule has 0 aromatic heterocycles. The fraction of sp³-hybridized carbons (Fsp3) is 0. The molecule has 4 heterocycles. The Morgan fingerprint density at radius 3 is 2.60 bits per heavy atom. The van der Waals surface area contributed by atoms with Crippen LogP contribution in [0.4, 0.5) is 0 Å². The van der Waals surface area contributed by atoms with Gasteiger partial charge in [0, 0.05) is 40.4 Å². The van der Waals surface area contributed by atoms with Crippen LogP contribution in [0.5, 0.6) is 0 Å². The maximum atomic E-state index is 5.65. The van der Waals surface area contributed by atoms with Gasteiger partial charge in [0.05, 0.1) is 11.8 Å². The maximum Gasteiger partial charge on any atom is 0.139 e. The number of aromatic nitrogens is 3. The third-order valence-corrected chi connectivity index (χ3v) is 3.61. The van der Waals surface area contributed by atoms with Crippen molar-refractivity contribution in [3.63, 3.8) is 0 Å². The van der Waals surface area contributed by atoms with E-state index in [9.17, 15) is 0 Å². The van der Waals surface area contributed by atoms with Crippen LogP contribution < -0.4 is 0 Å². The van der Waals surface area contributed by atoms with E-state index in [4.69, 9.17) is 8.83 Å². The average Bonchev–Trinajstić information content (AvgIpc) is 3.13. The number of rotatable bonds is 0. The first-order valence-corrected chi connectivity index (χ1v) is 6.18. The molecule has 0 radical (unpaired) electrons. The van der Waals surface area contributed by atoms with Gasteiger partial charge in [0.15, 0.2) is 0 Å². The van der Waals surface area contributed by atoms with Crippen molar-refractivity contribution in [2.75, 3.05) is 0 Å². The lowest BCUT2D eigenvalue weighted by Gasteiger charge is -2.07. The first-order chi connectivity index (χ1) is 9.90. The number of hydrogen-bond acceptors (Lipinski definition) is 5. The van der Waals surface area contributed by atoms with Crippen molar-refractivity contribution in [2.24, 2.45) is 0 Å². The molecular weight excluding hydrogens is 254 g/mol. The lowest BCUT2D eigenvalue weighted by molar-refractivity contribution is 0.593. The highest BCUT2D eigenvalue weighted by molar-refractivity contribution is 6.04. The predicted molar refractivity (Wildman–Crippen MR) is 72.6 cm³/mol. The van der Waals surface area contributed by atoms with Crippen molar-refractivity contribution in [3.8, 4) is 22.4 Å². The minimum Gasteiger partial charge on any atom is -0.463 e. The van der Waals surface area contributed by atoms with Gasteiger partial charge in [-0.15, -0.1) is 5.10 Å². The molecule has 4 aliphatic heterocycles. The van der Waals surface area contributed by atoms with Gasteiger partial charge in [0.25, 0.3) is 0 Å². The smallest absolute Gasteiger partial charge is 0.139 e. The normalized spacial score (nSPS) is 12.0. The van der Waals surface area contributed by atoms with E-state index in [1.165, 1.54) is 0 Å². The van der Waals surface area contributed by atoms with Crippen LogP contribution in [0.3, 0.4) is 0 Å². The quantitative estimate of drug-likeness (QED) is 0.399. The molecule has 0 bridgehead atoms. The second kappa shape index (κ2) is 3.33. The molecule has 0 saturated carbocycles. The van der Waals surface area contributed by atoms with E-state index in [1.54, 1.807) is 24.9 Å². The van der Waals surface area contributed by atoms with E-state index in [0.29, 0.717) is 0 Å². The topological polar surface area (TPSA) is 65.0 Å². The lowest BCUT2D eigenvalue weighted by Crippen LogP contribution is -1.85. The Bertz CT molecular complexity index is 935. The number of benzene rings is 1. The summed E-state index contributed by atoms with van der Waals surface area (Å²) in [6.07, 6.45) is 8.68. The van der Waals surface area contributed by atoms with Crippen molar-refractivity contribution in [3.05, 3.63) is 43.2 Å². The molecule has 5 rings (SSSR count). The molecule has 0 N–H and O–H groups in total. The molecule has 4 aliphatic rings. The summed E-state index contributed by atoms with van der Waals surface area (Å²) in [6, 6.07) is 3.91. The van der Waals surface area contributed by atoms with Crippen LogP contribution in [0.15, 0.2) is 52.1 Å². The van der Waals surface area contributed by atoms with Crippen molar-refractivity contribution >= 4 is 21.9 Å². The largest absolute Gasteiger partial charge is 0.463 e. The van der Waals surface area contributed by atoms with Crippen LogP contribution >= 0.6 is 0 Å². The molecule has 5 heteroatoms. The molecular formula is C15H7N3O2. The first kappa shape index (κ1) is 9.91. The molecule has 20 heavy (non-hydrogen) atoms. The van der Waals surface area contributed by atoms with E-state index in [1.807, 2.05) is 18.3 Å². The van der Waals surface area contributed by atoms with Crippen LogP contribution in [0.25, 0.3) is 44.3 Å². The van der Waals surface area contributed by atoms with Gasteiger partial charge in [-0.1, -0.05) is 0 Å². The highest BCUT2D eigenvalue weighted by atomic mass is 16.3. The van der Waals surface area contributed by atoms with E-state index in [2.05, 4.69) is 15.2 Å². The van der Waals surface area contributed by atoms with E-state index >= 15 is 0 Å². The summed E-state index contributed by atoms with van der Waals surface area (Å²) in [5.74, 6) is 0. The van der Waals surface area contributed by atoms with Crippen LogP contribution in [0.2, 0.25) is 0 Å². The van der Waals surface area contributed by atoms with Gasteiger partial charge >= 0.3 is 0 Å². The second-order valence-corrected chi connectivity index (χ2v) is 4.74. The van der Waals surface area contributed by atoms with Gasteiger partial charge in [-0.2, -0.15) is 5.10 Å².